The molecule has 5 rings (SSSR count). The first-order valence-electron chi connectivity index (χ1n) is 14.5. The number of nitrogens with zero attached hydrogens (tertiary/aromatic N) is 5. The summed E-state index contributed by atoms with van der Waals surface area (Å²) >= 11 is 0. The molecule has 1 fully saturated rings. The number of hydrogen-bond donors (Lipinski definition) is 2. The van der Waals surface area contributed by atoms with E-state index in [-0.39, 0.29) is 41.1 Å². The lowest BCUT2D eigenvalue weighted by molar-refractivity contribution is -0.133. The third kappa shape index (κ3) is 5.82. The van der Waals surface area contributed by atoms with Crippen LogP contribution in [0.1, 0.15) is 99.6 Å². The number of carbonyl (C=O) groups excluding carboxylic acids is 2. The van der Waals surface area contributed by atoms with Crippen molar-refractivity contribution >= 4 is 17.5 Å². The average Bonchev–Trinajstić information content (AvgIpc) is 3.58. The Balaban J connectivity index is 1.46. The van der Waals surface area contributed by atoms with Crippen molar-refractivity contribution in [3.63, 3.8) is 0 Å². The number of tetrazole rings is 1. The molecule has 11 heteroatoms. The summed E-state index contributed by atoms with van der Waals surface area (Å²) in [6, 6.07) is 10.4. The minimum Gasteiger partial charge on any atom is -0.345 e. The summed E-state index contributed by atoms with van der Waals surface area (Å²) in [5.41, 5.74) is 1.15. The van der Waals surface area contributed by atoms with E-state index in [1.807, 2.05) is 17.0 Å². The summed E-state index contributed by atoms with van der Waals surface area (Å²) in [6.45, 7) is 8.92. The van der Waals surface area contributed by atoms with Gasteiger partial charge in [-0.3, -0.25) is 14.6 Å². The van der Waals surface area contributed by atoms with Gasteiger partial charge in [0, 0.05) is 11.1 Å². The van der Waals surface area contributed by atoms with Crippen LogP contribution in [0.5, 0.6) is 0 Å². The van der Waals surface area contributed by atoms with Crippen LogP contribution in [0.2, 0.25) is 0 Å². The summed E-state index contributed by atoms with van der Waals surface area (Å²) in [5.74, 6) is -1.68. The number of H-pyrrole nitrogens is 1. The van der Waals surface area contributed by atoms with Gasteiger partial charge in [0.15, 0.2) is 17.5 Å². The second-order valence-electron chi connectivity index (χ2n) is 12.3. The fraction of sp³-hybridized carbons (Fsp3) is 0.484. The van der Waals surface area contributed by atoms with E-state index in [9.17, 15) is 18.4 Å². The SMILES string of the molecule is CCCC(c1ccc(C(=O)NCc2nn[nH]n2)cc1)N1C(=O)C(c2ccc(F)c(F)c2)=NC12CCC(C(C)(C)C)CC2. The molecule has 0 saturated heterocycles. The number of hydrogen-bond acceptors (Lipinski definition) is 6. The number of aromatic amines is 1. The molecule has 1 aromatic heterocycles. The van der Waals surface area contributed by atoms with Crippen molar-refractivity contribution in [1.82, 2.24) is 30.8 Å². The van der Waals surface area contributed by atoms with Crippen LogP contribution >= 0.6 is 0 Å². The summed E-state index contributed by atoms with van der Waals surface area (Å²) in [6.07, 6.45) is 4.67. The zero-order chi connectivity index (χ0) is 30.1. The molecule has 1 saturated carbocycles. The maximum absolute atomic E-state index is 14.3. The third-order valence-corrected chi connectivity index (χ3v) is 8.62. The number of carbonyl (C=O) groups is 2. The number of rotatable bonds is 8. The molecule has 1 spiro atoms. The molecule has 1 atom stereocenters. The lowest BCUT2D eigenvalue weighted by Gasteiger charge is -2.47. The number of amides is 2. The summed E-state index contributed by atoms with van der Waals surface area (Å²) in [4.78, 5) is 33.9. The minimum atomic E-state index is -1.01. The van der Waals surface area contributed by atoms with Gasteiger partial charge in [0.1, 0.15) is 11.4 Å². The highest BCUT2D eigenvalue weighted by molar-refractivity contribution is 6.46. The fourth-order valence-corrected chi connectivity index (χ4v) is 6.27. The van der Waals surface area contributed by atoms with Crippen LogP contribution < -0.4 is 5.32 Å². The van der Waals surface area contributed by atoms with Crippen molar-refractivity contribution < 1.29 is 18.4 Å². The number of halogens is 2. The van der Waals surface area contributed by atoms with Crippen molar-refractivity contribution in [2.24, 2.45) is 16.3 Å². The molecule has 0 bridgehead atoms. The second-order valence-corrected chi connectivity index (χ2v) is 12.3. The molecule has 0 radical (unpaired) electrons. The van der Waals surface area contributed by atoms with E-state index in [2.05, 4.69) is 53.6 Å². The Labute approximate surface area is 244 Å². The Bertz CT molecular complexity index is 1460. The van der Waals surface area contributed by atoms with E-state index in [0.717, 1.165) is 37.0 Å². The number of nitrogens with one attached hydrogen (secondary N) is 2. The first-order valence-corrected chi connectivity index (χ1v) is 14.5. The second kappa shape index (κ2) is 11.7. The molecule has 9 nitrogen and oxygen atoms in total. The van der Waals surface area contributed by atoms with Crippen LogP contribution in [0.3, 0.4) is 0 Å². The van der Waals surface area contributed by atoms with Crippen LogP contribution in [0.15, 0.2) is 47.5 Å². The topological polar surface area (TPSA) is 116 Å². The highest BCUT2D eigenvalue weighted by atomic mass is 19.2. The first kappa shape index (κ1) is 29.5. The minimum absolute atomic E-state index is 0.130. The zero-order valence-electron chi connectivity index (χ0n) is 24.5. The molecule has 3 aromatic rings. The summed E-state index contributed by atoms with van der Waals surface area (Å²) in [5, 5.41) is 16.3. The molecule has 2 amide bonds. The Kier molecular flexibility index (Phi) is 8.21. The number of aliphatic imine (C=N–C) groups is 1. The average molecular weight is 578 g/mol. The summed E-state index contributed by atoms with van der Waals surface area (Å²) in [7, 11) is 0. The molecule has 1 unspecified atom stereocenters. The van der Waals surface area contributed by atoms with Crippen molar-refractivity contribution in [2.45, 2.75) is 84.5 Å². The lowest BCUT2D eigenvalue weighted by atomic mass is 9.69. The predicted molar refractivity (Wildman–Crippen MR) is 153 cm³/mol. The summed E-state index contributed by atoms with van der Waals surface area (Å²) < 4.78 is 28.0. The van der Waals surface area contributed by atoms with Crippen molar-refractivity contribution in [1.29, 1.82) is 0 Å². The molecule has 222 valence electrons. The van der Waals surface area contributed by atoms with Crippen LogP contribution in [0.25, 0.3) is 0 Å². The Morgan fingerprint density at radius 2 is 1.83 bits per heavy atom. The maximum Gasteiger partial charge on any atom is 0.275 e. The van der Waals surface area contributed by atoms with Gasteiger partial charge >= 0.3 is 0 Å². The fourth-order valence-electron chi connectivity index (χ4n) is 6.27. The Morgan fingerprint density at radius 3 is 2.43 bits per heavy atom. The highest BCUT2D eigenvalue weighted by Crippen LogP contribution is 2.49. The highest BCUT2D eigenvalue weighted by Gasteiger charge is 2.52. The monoisotopic (exact) mass is 577 g/mol. The van der Waals surface area contributed by atoms with Crippen LogP contribution in [-0.2, 0) is 11.3 Å². The van der Waals surface area contributed by atoms with E-state index >= 15 is 0 Å². The molecule has 2 heterocycles. The lowest BCUT2D eigenvalue weighted by Crippen LogP contribution is -2.51. The number of aromatic nitrogens is 4. The van der Waals surface area contributed by atoms with E-state index < -0.39 is 17.3 Å². The number of benzene rings is 2. The van der Waals surface area contributed by atoms with Gasteiger partial charge in [-0.1, -0.05) is 51.5 Å². The molecular weight excluding hydrogens is 540 g/mol. The van der Waals surface area contributed by atoms with Gasteiger partial charge in [-0.15, -0.1) is 10.2 Å². The van der Waals surface area contributed by atoms with Gasteiger partial charge in [-0.2, -0.15) is 5.21 Å². The molecular formula is C31H37F2N7O2. The quantitative estimate of drug-likeness (QED) is 0.366. The Hall–Kier alpha value is -4.02. The molecule has 2 aromatic carbocycles. The van der Waals surface area contributed by atoms with Crippen molar-refractivity contribution in [3.05, 3.63) is 76.6 Å². The van der Waals surface area contributed by atoms with Crippen molar-refractivity contribution in [2.75, 3.05) is 0 Å². The molecule has 42 heavy (non-hydrogen) atoms. The largest absolute Gasteiger partial charge is 0.345 e. The van der Waals surface area contributed by atoms with Gasteiger partial charge < -0.3 is 10.2 Å². The van der Waals surface area contributed by atoms with Crippen molar-refractivity contribution in [3.8, 4) is 0 Å². The molecule has 2 N–H and O–H groups in total. The van der Waals surface area contributed by atoms with E-state index in [4.69, 9.17) is 4.99 Å². The van der Waals surface area contributed by atoms with Gasteiger partial charge in [-0.25, -0.2) is 8.78 Å². The smallest absolute Gasteiger partial charge is 0.275 e. The van der Waals surface area contributed by atoms with E-state index in [1.165, 1.54) is 6.07 Å². The van der Waals surface area contributed by atoms with Gasteiger partial charge in [0.2, 0.25) is 0 Å². The Morgan fingerprint density at radius 1 is 1.12 bits per heavy atom. The van der Waals surface area contributed by atoms with Crippen LogP contribution in [0.4, 0.5) is 8.78 Å². The van der Waals surface area contributed by atoms with Gasteiger partial charge in [0.05, 0.1) is 12.6 Å². The van der Waals surface area contributed by atoms with Gasteiger partial charge in [0.25, 0.3) is 11.8 Å². The normalized spacial score (nSPS) is 21.5. The molecule has 2 aliphatic rings. The maximum atomic E-state index is 14.3. The zero-order valence-corrected chi connectivity index (χ0v) is 24.5. The standard InChI is InChI=1S/C31H37F2N7O2/c1-5-6-25(19-7-9-20(10-8-19)28(41)34-18-26-36-38-39-37-26)40-29(42)27(21-11-12-23(32)24(33)17-21)35-31(40)15-13-22(14-16-31)30(2,3)4/h7-12,17,22,25H,5-6,13-16,18H2,1-4H3,(H,34,41)(H,36,37,38,39). The van der Waals surface area contributed by atoms with Crippen LogP contribution in [-0.4, -0.2) is 48.7 Å². The van der Waals surface area contributed by atoms with Gasteiger partial charge in [-0.05, 0) is 79.3 Å². The van der Waals surface area contributed by atoms with E-state index in [1.54, 1.807) is 12.1 Å². The van der Waals surface area contributed by atoms with E-state index in [0.29, 0.717) is 36.6 Å². The van der Waals surface area contributed by atoms with Crippen LogP contribution in [0, 0.1) is 23.0 Å². The predicted octanol–water partition coefficient (Wildman–Crippen LogP) is 5.51. The third-order valence-electron chi connectivity index (χ3n) is 8.62. The molecule has 1 aliphatic heterocycles. The molecule has 1 aliphatic carbocycles. The first-order chi connectivity index (χ1) is 20.0.